The van der Waals surface area contributed by atoms with Gasteiger partial charge in [0.15, 0.2) is 5.82 Å². The van der Waals surface area contributed by atoms with Crippen molar-refractivity contribution in [2.45, 2.75) is 19.8 Å². The summed E-state index contributed by atoms with van der Waals surface area (Å²) in [6, 6.07) is 1.92. The summed E-state index contributed by atoms with van der Waals surface area (Å²) in [7, 11) is 0. The van der Waals surface area contributed by atoms with E-state index in [2.05, 4.69) is 23.8 Å². The molecule has 0 aromatic carbocycles. The summed E-state index contributed by atoms with van der Waals surface area (Å²) >= 11 is 0. The number of rotatable bonds is 2. The Balaban J connectivity index is 2.95. The molecule has 1 rings (SSSR count). The molecule has 0 amide bonds. The zero-order chi connectivity index (χ0) is 8.97. The van der Waals surface area contributed by atoms with Gasteiger partial charge in [-0.15, -0.1) is 0 Å². The molecule has 0 aliphatic heterocycles. The first-order chi connectivity index (χ1) is 5.74. The highest BCUT2D eigenvalue weighted by molar-refractivity contribution is 5.38. The topological polar surface area (TPSA) is 51.8 Å². The highest BCUT2D eigenvalue weighted by Gasteiger charge is 2.00. The maximum atomic E-state index is 5.23. The lowest BCUT2D eigenvalue weighted by Gasteiger charge is -2.03. The van der Waals surface area contributed by atoms with Gasteiger partial charge in [-0.25, -0.2) is 9.97 Å². The van der Waals surface area contributed by atoms with Gasteiger partial charge in [0.05, 0.1) is 0 Å². The lowest BCUT2D eigenvalue weighted by Crippen LogP contribution is -1.96. The molecular weight excluding hydrogens is 150 g/mol. The number of hydrogen-bond acceptors (Lipinski definition) is 3. The lowest BCUT2D eigenvalue weighted by atomic mass is 10.1. The Hall–Kier alpha value is -1.38. The smallest absolute Gasteiger partial charge is 0.153 e. The van der Waals surface area contributed by atoms with Crippen molar-refractivity contribution in [3.05, 3.63) is 30.0 Å². The zero-order valence-electron chi connectivity index (χ0n) is 7.36. The van der Waals surface area contributed by atoms with Gasteiger partial charge in [0.25, 0.3) is 0 Å². The van der Waals surface area contributed by atoms with Gasteiger partial charge in [0.1, 0.15) is 0 Å². The van der Waals surface area contributed by atoms with Gasteiger partial charge in [0.2, 0.25) is 0 Å². The molecule has 12 heavy (non-hydrogen) atoms. The van der Waals surface area contributed by atoms with E-state index in [9.17, 15) is 0 Å². The average Bonchev–Trinajstić information content (AvgIpc) is 2.05. The van der Waals surface area contributed by atoms with Crippen molar-refractivity contribution in [1.29, 1.82) is 0 Å². The Morgan fingerprint density at radius 2 is 2.25 bits per heavy atom. The Labute approximate surface area is 72.3 Å². The second-order valence-electron chi connectivity index (χ2n) is 2.85. The van der Waals surface area contributed by atoms with Crippen LogP contribution in [-0.2, 0) is 0 Å². The quantitative estimate of drug-likeness (QED) is 0.719. The van der Waals surface area contributed by atoms with Gasteiger partial charge in [-0.1, -0.05) is 13.8 Å². The van der Waals surface area contributed by atoms with Crippen molar-refractivity contribution in [1.82, 2.24) is 9.97 Å². The Morgan fingerprint density at radius 3 is 2.83 bits per heavy atom. The van der Waals surface area contributed by atoms with Crippen LogP contribution in [0.3, 0.4) is 0 Å². The van der Waals surface area contributed by atoms with E-state index in [1.165, 1.54) is 6.20 Å². The molecule has 64 valence electrons. The number of aromatic nitrogens is 2. The van der Waals surface area contributed by atoms with E-state index in [0.717, 1.165) is 5.69 Å². The van der Waals surface area contributed by atoms with Crippen LogP contribution < -0.4 is 5.73 Å². The Bertz CT molecular complexity index is 279. The molecule has 0 aliphatic rings. The average molecular weight is 163 g/mol. The van der Waals surface area contributed by atoms with Gasteiger partial charge >= 0.3 is 0 Å². The van der Waals surface area contributed by atoms with Crippen LogP contribution in [0.15, 0.2) is 18.5 Å². The van der Waals surface area contributed by atoms with E-state index in [-0.39, 0.29) is 0 Å². The van der Waals surface area contributed by atoms with E-state index in [1.54, 1.807) is 12.3 Å². The molecule has 2 N–H and O–H groups in total. The zero-order valence-corrected chi connectivity index (χ0v) is 7.36. The maximum absolute atomic E-state index is 5.23. The van der Waals surface area contributed by atoms with Crippen LogP contribution in [0.2, 0.25) is 0 Å². The summed E-state index contributed by atoms with van der Waals surface area (Å²) in [6.45, 7) is 4.19. The van der Waals surface area contributed by atoms with Crippen molar-refractivity contribution in [3.8, 4) is 0 Å². The number of nitrogens with zero attached hydrogens (tertiary/aromatic N) is 2. The third-order valence-electron chi connectivity index (χ3n) is 1.53. The minimum absolute atomic E-state index is 0.429. The van der Waals surface area contributed by atoms with Gasteiger partial charge in [-0.2, -0.15) is 0 Å². The van der Waals surface area contributed by atoms with Gasteiger partial charge in [-0.05, 0) is 24.3 Å². The van der Waals surface area contributed by atoms with Crippen LogP contribution in [0.4, 0.5) is 0 Å². The van der Waals surface area contributed by atoms with E-state index < -0.39 is 0 Å². The van der Waals surface area contributed by atoms with Gasteiger partial charge < -0.3 is 5.73 Å². The largest absolute Gasteiger partial charge is 0.404 e. The van der Waals surface area contributed by atoms with E-state index in [0.29, 0.717) is 11.7 Å². The fourth-order valence-electron chi connectivity index (χ4n) is 0.876. The Kier molecular flexibility index (Phi) is 2.80. The first kappa shape index (κ1) is 8.71. The highest BCUT2D eigenvalue weighted by Crippen LogP contribution is 2.10. The van der Waals surface area contributed by atoms with Crippen molar-refractivity contribution in [3.63, 3.8) is 0 Å². The molecule has 0 unspecified atom stereocenters. The summed E-state index contributed by atoms with van der Waals surface area (Å²) < 4.78 is 0. The van der Waals surface area contributed by atoms with Crippen molar-refractivity contribution in [2.75, 3.05) is 0 Å². The van der Waals surface area contributed by atoms with Crippen molar-refractivity contribution >= 4 is 6.08 Å². The predicted octanol–water partition coefficient (Wildman–Crippen LogP) is 1.53. The molecule has 1 aromatic heterocycles. The molecule has 0 spiro atoms. The summed E-state index contributed by atoms with van der Waals surface area (Å²) in [5.74, 6) is 1.10. The second kappa shape index (κ2) is 3.85. The monoisotopic (exact) mass is 163 g/mol. The molecule has 0 fully saturated rings. The molecule has 3 nitrogen and oxygen atoms in total. The molecular formula is C9H13N3. The van der Waals surface area contributed by atoms with E-state index in [1.807, 2.05) is 6.07 Å². The summed E-state index contributed by atoms with van der Waals surface area (Å²) in [5.41, 5.74) is 6.27. The summed E-state index contributed by atoms with van der Waals surface area (Å²) in [5, 5.41) is 0. The van der Waals surface area contributed by atoms with Crippen LogP contribution >= 0.6 is 0 Å². The van der Waals surface area contributed by atoms with Crippen LogP contribution in [0.25, 0.3) is 6.08 Å². The molecule has 0 radical (unpaired) electrons. The molecule has 0 saturated carbocycles. The van der Waals surface area contributed by atoms with E-state index in [4.69, 9.17) is 5.73 Å². The van der Waals surface area contributed by atoms with Gasteiger partial charge in [0, 0.05) is 11.9 Å². The second-order valence-corrected chi connectivity index (χ2v) is 2.85. The maximum Gasteiger partial charge on any atom is 0.153 e. The van der Waals surface area contributed by atoms with Crippen LogP contribution in [0.1, 0.15) is 31.3 Å². The third-order valence-corrected chi connectivity index (χ3v) is 1.53. The lowest BCUT2D eigenvalue weighted by molar-refractivity contribution is 0.810. The fourth-order valence-corrected chi connectivity index (χ4v) is 0.876. The molecule has 0 saturated heterocycles. The Morgan fingerprint density at radius 1 is 1.50 bits per heavy atom. The number of hydrogen-bond donors (Lipinski definition) is 1. The summed E-state index contributed by atoms with van der Waals surface area (Å²) in [4.78, 5) is 8.32. The molecule has 1 aromatic rings. The van der Waals surface area contributed by atoms with Crippen LogP contribution in [-0.4, -0.2) is 9.97 Å². The van der Waals surface area contributed by atoms with E-state index >= 15 is 0 Å². The highest BCUT2D eigenvalue weighted by atomic mass is 14.9. The standard InChI is InChI=1S/C9H13N3/c1-7(2)8-4-6-11-9(12-8)3-5-10/h3-7H,10H2,1-2H3/b5-3-. The fraction of sp³-hybridized carbons (Fsp3) is 0.333. The van der Waals surface area contributed by atoms with Crippen molar-refractivity contribution in [2.24, 2.45) is 5.73 Å². The summed E-state index contributed by atoms with van der Waals surface area (Å²) in [6.07, 6.45) is 4.88. The minimum atomic E-state index is 0.429. The molecule has 0 aliphatic carbocycles. The normalized spacial score (nSPS) is 11.2. The molecule has 0 bridgehead atoms. The van der Waals surface area contributed by atoms with Crippen LogP contribution in [0, 0.1) is 0 Å². The number of nitrogens with two attached hydrogens (primary N) is 1. The molecule has 0 atom stereocenters. The predicted molar refractivity (Wildman–Crippen MR) is 49.3 cm³/mol. The van der Waals surface area contributed by atoms with Gasteiger partial charge in [-0.3, -0.25) is 0 Å². The first-order valence-electron chi connectivity index (χ1n) is 3.95. The minimum Gasteiger partial charge on any atom is -0.404 e. The third kappa shape index (κ3) is 2.05. The first-order valence-corrected chi connectivity index (χ1v) is 3.95. The molecule has 3 heteroatoms. The molecule has 1 heterocycles. The van der Waals surface area contributed by atoms with Crippen LogP contribution in [0.5, 0.6) is 0 Å². The SMILES string of the molecule is CC(C)c1ccnc(/C=C\N)n1. The van der Waals surface area contributed by atoms with Crippen molar-refractivity contribution < 1.29 is 0 Å².